The van der Waals surface area contributed by atoms with Crippen LogP contribution in [-0.2, 0) is 16.1 Å². The number of esters is 1. The van der Waals surface area contributed by atoms with Gasteiger partial charge in [-0.25, -0.2) is 9.78 Å². The van der Waals surface area contributed by atoms with Crippen LogP contribution >= 0.6 is 11.3 Å². The zero-order valence-electron chi connectivity index (χ0n) is 15.3. The van der Waals surface area contributed by atoms with Gasteiger partial charge in [0.15, 0.2) is 6.61 Å². The molecular weight excluding hydrogens is 372 g/mol. The number of rotatable bonds is 5. The average molecular weight is 390 g/mol. The van der Waals surface area contributed by atoms with E-state index in [1.807, 2.05) is 54.6 Å². The normalized spacial score (nSPS) is 10.9. The molecule has 1 amide bonds. The first-order valence-electron chi connectivity index (χ1n) is 8.84. The van der Waals surface area contributed by atoms with Crippen LogP contribution in [0.2, 0.25) is 0 Å². The lowest BCUT2D eigenvalue weighted by molar-refractivity contribution is -0.133. The van der Waals surface area contributed by atoms with Crippen LogP contribution in [0, 0.1) is 0 Å². The Morgan fingerprint density at radius 1 is 1.00 bits per heavy atom. The Morgan fingerprint density at radius 2 is 1.75 bits per heavy atom. The third-order valence-electron chi connectivity index (χ3n) is 4.45. The zero-order chi connectivity index (χ0) is 19.5. The number of thiazole rings is 1. The lowest BCUT2D eigenvalue weighted by Crippen LogP contribution is -2.30. The number of aromatic nitrogens is 1. The Balaban J connectivity index is 1.36. The van der Waals surface area contributed by atoms with Crippen molar-refractivity contribution in [3.63, 3.8) is 0 Å². The molecule has 28 heavy (non-hydrogen) atoms. The van der Waals surface area contributed by atoms with Crippen molar-refractivity contribution in [3.05, 3.63) is 77.3 Å². The van der Waals surface area contributed by atoms with Crippen molar-refractivity contribution < 1.29 is 14.3 Å². The van der Waals surface area contributed by atoms with E-state index in [-0.39, 0.29) is 12.5 Å². The molecule has 0 N–H and O–H groups in total. The fraction of sp³-hybridized carbons (Fsp3) is 0.136. The molecule has 1 heterocycles. The summed E-state index contributed by atoms with van der Waals surface area (Å²) in [5.74, 6) is -0.777. The number of hydrogen-bond donors (Lipinski definition) is 0. The van der Waals surface area contributed by atoms with E-state index in [1.165, 1.54) is 4.90 Å². The molecule has 4 rings (SSSR count). The number of fused-ring (bicyclic) bond motifs is 2. The molecule has 140 valence electrons. The van der Waals surface area contributed by atoms with Crippen molar-refractivity contribution in [1.29, 1.82) is 0 Å². The number of nitrogens with zero attached hydrogens (tertiary/aromatic N) is 2. The summed E-state index contributed by atoms with van der Waals surface area (Å²) in [5.41, 5.74) is 1.35. The molecule has 0 spiro atoms. The van der Waals surface area contributed by atoms with E-state index in [9.17, 15) is 9.59 Å². The Hall–Kier alpha value is -3.25. The van der Waals surface area contributed by atoms with Crippen molar-refractivity contribution in [1.82, 2.24) is 9.88 Å². The highest BCUT2D eigenvalue weighted by molar-refractivity contribution is 7.18. The predicted octanol–water partition coefficient (Wildman–Crippen LogP) is 4.26. The second-order valence-electron chi connectivity index (χ2n) is 6.46. The van der Waals surface area contributed by atoms with Crippen LogP contribution in [0.4, 0.5) is 0 Å². The van der Waals surface area contributed by atoms with Gasteiger partial charge in [0, 0.05) is 7.05 Å². The van der Waals surface area contributed by atoms with Gasteiger partial charge in [-0.2, -0.15) is 0 Å². The van der Waals surface area contributed by atoms with E-state index >= 15 is 0 Å². The fourth-order valence-corrected chi connectivity index (χ4v) is 3.94. The summed E-state index contributed by atoms with van der Waals surface area (Å²) in [6.45, 7) is 0.0821. The number of carbonyl (C=O) groups is 2. The summed E-state index contributed by atoms with van der Waals surface area (Å²) in [4.78, 5) is 30.7. The highest BCUT2D eigenvalue weighted by Gasteiger charge is 2.15. The number of benzene rings is 3. The summed E-state index contributed by atoms with van der Waals surface area (Å²) < 4.78 is 6.29. The van der Waals surface area contributed by atoms with E-state index < -0.39 is 5.97 Å². The van der Waals surface area contributed by atoms with E-state index in [2.05, 4.69) is 4.98 Å². The second-order valence-corrected chi connectivity index (χ2v) is 7.58. The predicted molar refractivity (Wildman–Crippen MR) is 110 cm³/mol. The third kappa shape index (κ3) is 3.87. The van der Waals surface area contributed by atoms with Crippen LogP contribution in [0.15, 0.2) is 66.7 Å². The van der Waals surface area contributed by atoms with Gasteiger partial charge in [0.05, 0.1) is 22.3 Å². The number of amides is 1. The van der Waals surface area contributed by atoms with Crippen LogP contribution in [-0.4, -0.2) is 35.4 Å². The quantitative estimate of drug-likeness (QED) is 0.478. The van der Waals surface area contributed by atoms with Crippen LogP contribution in [0.1, 0.15) is 15.4 Å². The molecule has 0 aliphatic rings. The average Bonchev–Trinajstić information content (AvgIpc) is 3.13. The molecule has 0 aliphatic carbocycles. The largest absolute Gasteiger partial charge is 0.452 e. The molecule has 0 fully saturated rings. The molecule has 0 bridgehead atoms. The molecule has 4 aromatic rings. The Morgan fingerprint density at radius 3 is 2.57 bits per heavy atom. The smallest absolute Gasteiger partial charge is 0.338 e. The standard InChI is InChI=1S/C22H18N2O3S/c1-24(13-20-23-18-8-4-5-9-19(18)28-20)21(25)14-27-22(26)17-11-10-15-6-2-3-7-16(15)12-17/h2-12H,13-14H2,1H3. The van der Waals surface area contributed by atoms with Gasteiger partial charge >= 0.3 is 5.97 Å². The zero-order valence-corrected chi connectivity index (χ0v) is 16.1. The molecule has 0 saturated heterocycles. The molecule has 0 saturated carbocycles. The maximum Gasteiger partial charge on any atom is 0.338 e. The lowest BCUT2D eigenvalue weighted by atomic mass is 10.1. The van der Waals surface area contributed by atoms with Crippen molar-refractivity contribution in [3.8, 4) is 0 Å². The molecule has 0 radical (unpaired) electrons. The molecule has 3 aromatic carbocycles. The van der Waals surface area contributed by atoms with Crippen molar-refractivity contribution in [2.24, 2.45) is 0 Å². The van der Waals surface area contributed by atoms with Crippen LogP contribution in [0.5, 0.6) is 0 Å². The van der Waals surface area contributed by atoms with Crippen LogP contribution in [0.3, 0.4) is 0 Å². The molecule has 5 nitrogen and oxygen atoms in total. The highest BCUT2D eigenvalue weighted by atomic mass is 32.1. The molecule has 0 atom stereocenters. The monoisotopic (exact) mass is 390 g/mol. The number of carbonyl (C=O) groups excluding carboxylic acids is 2. The van der Waals surface area contributed by atoms with Crippen LogP contribution in [0.25, 0.3) is 21.0 Å². The summed E-state index contributed by atoms with van der Waals surface area (Å²) in [6, 6.07) is 21.0. The molecule has 6 heteroatoms. The van der Waals surface area contributed by atoms with Gasteiger partial charge in [0.25, 0.3) is 5.91 Å². The number of hydrogen-bond acceptors (Lipinski definition) is 5. The molecule has 1 aromatic heterocycles. The molecular formula is C22H18N2O3S. The third-order valence-corrected chi connectivity index (χ3v) is 5.47. The topological polar surface area (TPSA) is 59.5 Å². The Bertz CT molecular complexity index is 1140. The maximum absolute atomic E-state index is 12.3. The van der Waals surface area contributed by atoms with Gasteiger partial charge in [-0.3, -0.25) is 4.79 Å². The first kappa shape index (κ1) is 18.1. The minimum Gasteiger partial charge on any atom is -0.452 e. The maximum atomic E-state index is 12.3. The summed E-state index contributed by atoms with van der Waals surface area (Å²) in [5, 5.41) is 2.85. The highest BCUT2D eigenvalue weighted by Crippen LogP contribution is 2.22. The summed E-state index contributed by atoms with van der Waals surface area (Å²) >= 11 is 1.55. The fourth-order valence-electron chi connectivity index (χ4n) is 2.92. The van der Waals surface area contributed by atoms with E-state index in [1.54, 1.807) is 30.5 Å². The Labute approximate surface area is 166 Å². The van der Waals surface area contributed by atoms with Gasteiger partial charge < -0.3 is 9.64 Å². The first-order valence-corrected chi connectivity index (χ1v) is 9.66. The van der Waals surface area contributed by atoms with Gasteiger partial charge in [0.1, 0.15) is 5.01 Å². The lowest BCUT2D eigenvalue weighted by Gasteiger charge is -2.15. The minimum absolute atomic E-state index is 0.270. The van der Waals surface area contributed by atoms with Gasteiger partial charge in [-0.15, -0.1) is 11.3 Å². The van der Waals surface area contributed by atoms with Gasteiger partial charge in [-0.05, 0) is 35.0 Å². The van der Waals surface area contributed by atoms with E-state index in [0.29, 0.717) is 12.1 Å². The van der Waals surface area contributed by atoms with E-state index in [4.69, 9.17) is 4.74 Å². The van der Waals surface area contributed by atoms with Crippen molar-refractivity contribution in [2.75, 3.05) is 13.7 Å². The molecule has 0 unspecified atom stereocenters. The SMILES string of the molecule is CN(Cc1nc2ccccc2s1)C(=O)COC(=O)c1ccc2ccccc2c1. The second kappa shape index (κ2) is 7.78. The van der Waals surface area contributed by atoms with Gasteiger partial charge in [0.2, 0.25) is 0 Å². The molecule has 0 aliphatic heterocycles. The van der Waals surface area contributed by atoms with E-state index in [0.717, 1.165) is 26.0 Å². The first-order chi connectivity index (χ1) is 13.6. The minimum atomic E-state index is -0.507. The Kier molecular flexibility index (Phi) is 5.04. The van der Waals surface area contributed by atoms with Crippen molar-refractivity contribution in [2.45, 2.75) is 6.54 Å². The summed E-state index contributed by atoms with van der Waals surface area (Å²) in [7, 11) is 1.68. The number of para-hydroxylation sites is 1. The number of likely N-dealkylation sites (N-methyl/N-ethyl adjacent to an activating group) is 1. The van der Waals surface area contributed by atoms with Gasteiger partial charge in [-0.1, -0.05) is 42.5 Å². The number of ether oxygens (including phenoxy) is 1. The summed E-state index contributed by atoms with van der Waals surface area (Å²) in [6.07, 6.45) is 0. The van der Waals surface area contributed by atoms with Crippen molar-refractivity contribution >= 4 is 44.2 Å². The van der Waals surface area contributed by atoms with Crippen LogP contribution < -0.4 is 0 Å².